The standard InChI is InChI=1S/C12H5F5/c13-7-3-1-6(2-4-7)10-8(14)5-9(15)11(16)12(10)17/h1-5H. The van der Waals surface area contributed by atoms with Crippen molar-refractivity contribution in [2.24, 2.45) is 0 Å². The Labute approximate surface area is 93.3 Å². The molecule has 0 nitrogen and oxygen atoms in total. The average molecular weight is 244 g/mol. The summed E-state index contributed by atoms with van der Waals surface area (Å²) < 4.78 is 65.0. The highest BCUT2D eigenvalue weighted by molar-refractivity contribution is 5.65. The van der Waals surface area contributed by atoms with E-state index < -0.39 is 34.6 Å². The zero-order valence-corrected chi connectivity index (χ0v) is 8.28. The molecule has 17 heavy (non-hydrogen) atoms. The average Bonchev–Trinajstić information content (AvgIpc) is 2.29. The van der Waals surface area contributed by atoms with Gasteiger partial charge in [-0.05, 0) is 17.7 Å². The monoisotopic (exact) mass is 244 g/mol. The maximum atomic E-state index is 13.4. The lowest BCUT2D eigenvalue weighted by atomic mass is 10.0. The Morgan fingerprint density at radius 3 is 1.82 bits per heavy atom. The molecule has 0 fully saturated rings. The van der Waals surface area contributed by atoms with Gasteiger partial charge in [0, 0.05) is 6.07 Å². The molecule has 0 amide bonds. The van der Waals surface area contributed by atoms with Crippen molar-refractivity contribution in [2.75, 3.05) is 0 Å². The van der Waals surface area contributed by atoms with Gasteiger partial charge in [0.25, 0.3) is 0 Å². The number of hydrogen-bond donors (Lipinski definition) is 0. The van der Waals surface area contributed by atoms with Crippen LogP contribution in [0.25, 0.3) is 11.1 Å². The zero-order valence-electron chi connectivity index (χ0n) is 8.28. The van der Waals surface area contributed by atoms with E-state index in [4.69, 9.17) is 0 Å². The van der Waals surface area contributed by atoms with Crippen molar-refractivity contribution >= 4 is 0 Å². The van der Waals surface area contributed by atoms with Crippen molar-refractivity contribution in [3.8, 4) is 11.1 Å². The van der Waals surface area contributed by atoms with Gasteiger partial charge >= 0.3 is 0 Å². The van der Waals surface area contributed by atoms with Gasteiger partial charge in [-0.25, -0.2) is 22.0 Å². The minimum atomic E-state index is -1.76. The second-order valence-corrected chi connectivity index (χ2v) is 3.35. The van der Waals surface area contributed by atoms with E-state index in [9.17, 15) is 22.0 Å². The van der Waals surface area contributed by atoms with Crippen molar-refractivity contribution in [1.82, 2.24) is 0 Å². The SMILES string of the molecule is Fc1ccc(-c2c(F)cc(F)c(F)c2F)cc1. The van der Waals surface area contributed by atoms with Crippen molar-refractivity contribution in [1.29, 1.82) is 0 Å². The molecule has 2 aromatic rings. The van der Waals surface area contributed by atoms with E-state index in [1.54, 1.807) is 0 Å². The summed E-state index contributed by atoms with van der Waals surface area (Å²) in [4.78, 5) is 0. The maximum Gasteiger partial charge on any atom is 0.195 e. The Bertz CT molecular complexity index is 560. The fraction of sp³-hybridized carbons (Fsp3) is 0. The van der Waals surface area contributed by atoms with Gasteiger partial charge in [-0.3, -0.25) is 0 Å². The fourth-order valence-corrected chi connectivity index (χ4v) is 1.45. The van der Waals surface area contributed by atoms with E-state index in [0.717, 1.165) is 24.3 Å². The van der Waals surface area contributed by atoms with Crippen molar-refractivity contribution in [2.45, 2.75) is 0 Å². The number of halogens is 5. The van der Waals surface area contributed by atoms with Crippen LogP contribution in [0.2, 0.25) is 0 Å². The second-order valence-electron chi connectivity index (χ2n) is 3.35. The molecule has 0 atom stereocenters. The Balaban J connectivity index is 2.67. The molecule has 0 aromatic heterocycles. The van der Waals surface area contributed by atoms with Crippen LogP contribution in [-0.4, -0.2) is 0 Å². The van der Waals surface area contributed by atoms with Crippen molar-refractivity contribution in [3.63, 3.8) is 0 Å². The van der Waals surface area contributed by atoms with Gasteiger partial charge in [-0.1, -0.05) is 12.1 Å². The molecule has 2 rings (SSSR count). The van der Waals surface area contributed by atoms with Gasteiger partial charge in [0.1, 0.15) is 11.6 Å². The summed E-state index contributed by atoms with van der Waals surface area (Å²) in [6.45, 7) is 0. The van der Waals surface area contributed by atoms with E-state index >= 15 is 0 Å². The van der Waals surface area contributed by atoms with E-state index in [1.165, 1.54) is 0 Å². The minimum absolute atomic E-state index is 0.0692. The van der Waals surface area contributed by atoms with Gasteiger partial charge in [0.05, 0.1) is 5.56 Å². The van der Waals surface area contributed by atoms with Gasteiger partial charge in [0.15, 0.2) is 17.5 Å². The van der Waals surface area contributed by atoms with Crippen LogP contribution in [-0.2, 0) is 0 Å². The number of rotatable bonds is 1. The van der Waals surface area contributed by atoms with Crippen LogP contribution in [0.1, 0.15) is 0 Å². The molecule has 2 aromatic carbocycles. The van der Waals surface area contributed by atoms with Crippen LogP contribution >= 0.6 is 0 Å². The number of hydrogen-bond acceptors (Lipinski definition) is 0. The molecule has 0 heterocycles. The topological polar surface area (TPSA) is 0 Å². The van der Waals surface area contributed by atoms with Gasteiger partial charge in [0.2, 0.25) is 0 Å². The smallest absolute Gasteiger partial charge is 0.195 e. The molecule has 0 spiro atoms. The molecule has 5 heteroatoms. The molecule has 0 aliphatic heterocycles. The van der Waals surface area contributed by atoms with Crippen molar-refractivity contribution in [3.05, 3.63) is 59.4 Å². The van der Waals surface area contributed by atoms with Crippen molar-refractivity contribution < 1.29 is 22.0 Å². The normalized spacial score (nSPS) is 10.6. The Kier molecular flexibility index (Phi) is 2.83. The summed E-state index contributed by atoms with van der Waals surface area (Å²) in [5, 5.41) is 0. The third-order valence-corrected chi connectivity index (χ3v) is 2.25. The van der Waals surface area contributed by atoms with Gasteiger partial charge in [-0.15, -0.1) is 0 Å². The molecule has 0 saturated carbocycles. The summed E-state index contributed by atoms with van der Waals surface area (Å²) in [6.07, 6.45) is 0. The third kappa shape index (κ3) is 2.00. The highest BCUT2D eigenvalue weighted by Gasteiger charge is 2.20. The Morgan fingerprint density at radius 2 is 1.24 bits per heavy atom. The highest BCUT2D eigenvalue weighted by atomic mass is 19.2. The van der Waals surface area contributed by atoms with E-state index in [-0.39, 0.29) is 11.6 Å². The number of benzene rings is 2. The first-order chi connectivity index (χ1) is 8.00. The highest BCUT2D eigenvalue weighted by Crippen LogP contribution is 2.29. The lowest BCUT2D eigenvalue weighted by molar-refractivity contribution is 0.437. The molecule has 0 bridgehead atoms. The summed E-state index contributed by atoms with van der Waals surface area (Å²) in [6, 6.07) is 4.34. The molecule has 0 unspecified atom stereocenters. The maximum absolute atomic E-state index is 13.4. The van der Waals surface area contributed by atoms with Crippen LogP contribution in [0, 0.1) is 29.1 Å². The summed E-state index contributed by atoms with van der Waals surface area (Å²) in [5.74, 6) is -6.84. The van der Waals surface area contributed by atoms with E-state index in [0.29, 0.717) is 0 Å². The first kappa shape index (κ1) is 11.6. The van der Waals surface area contributed by atoms with Crippen LogP contribution in [0.3, 0.4) is 0 Å². The molecule has 0 aliphatic carbocycles. The molecule has 0 N–H and O–H groups in total. The van der Waals surface area contributed by atoms with Gasteiger partial charge < -0.3 is 0 Å². The summed E-state index contributed by atoms with van der Waals surface area (Å²) in [5.41, 5.74) is -0.788. The van der Waals surface area contributed by atoms with E-state index in [1.807, 2.05) is 0 Å². The molecular formula is C12H5F5. The minimum Gasteiger partial charge on any atom is -0.207 e. The molecule has 88 valence electrons. The third-order valence-electron chi connectivity index (χ3n) is 2.25. The second kappa shape index (κ2) is 4.16. The molecule has 0 radical (unpaired) electrons. The molecule has 0 aliphatic rings. The quantitative estimate of drug-likeness (QED) is 0.403. The van der Waals surface area contributed by atoms with E-state index in [2.05, 4.69) is 0 Å². The lowest BCUT2D eigenvalue weighted by Gasteiger charge is -2.06. The molecule has 0 saturated heterocycles. The van der Waals surface area contributed by atoms with Crippen LogP contribution < -0.4 is 0 Å². The molecular weight excluding hydrogens is 239 g/mol. The predicted octanol–water partition coefficient (Wildman–Crippen LogP) is 4.05. The fourth-order valence-electron chi connectivity index (χ4n) is 1.45. The van der Waals surface area contributed by atoms with Crippen LogP contribution in [0.4, 0.5) is 22.0 Å². The zero-order chi connectivity index (χ0) is 12.6. The first-order valence-electron chi connectivity index (χ1n) is 4.59. The lowest BCUT2D eigenvalue weighted by Crippen LogP contribution is -1.98. The summed E-state index contributed by atoms with van der Waals surface area (Å²) >= 11 is 0. The predicted molar refractivity (Wildman–Crippen MR) is 51.7 cm³/mol. The Hall–Kier alpha value is -1.91. The first-order valence-corrected chi connectivity index (χ1v) is 4.59. The summed E-state index contributed by atoms with van der Waals surface area (Å²) in [7, 11) is 0. The van der Waals surface area contributed by atoms with Crippen LogP contribution in [0.5, 0.6) is 0 Å². The largest absolute Gasteiger partial charge is 0.207 e. The van der Waals surface area contributed by atoms with Gasteiger partial charge in [-0.2, -0.15) is 0 Å². The van der Waals surface area contributed by atoms with Crippen LogP contribution in [0.15, 0.2) is 30.3 Å². The Morgan fingerprint density at radius 1 is 0.647 bits per heavy atom.